The number of nitriles is 1. The molecule has 0 saturated carbocycles. The van der Waals surface area contributed by atoms with Gasteiger partial charge >= 0.3 is 0 Å². The molecule has 1 atom stereocenters. The third-order valence-corrected chi connectivity index (χ3v) is 2.85. The standard InChI is InChI=1S/C16H14N2O/c1-12-7-9-14(10-8-12)16(19)18-15(11-17)13-5-3-2-4-6-13/h2-10,15H,1H3,(H,18,19). The van der Waals surface area contributed by atoms with Gasteiger partial charge in [-0.1, -0.05) is 48.0 Å². The number of nitrogens with one attached hydrogen (secondary N) is 1. The summed E-state index contributed by atoms with van der Waals surface area (Å²) in [6.07, 6.45) is 0. The maximum atomic E-state index is 12.0. The lowest BCUT2D eigenvalue weighted by atomic mass is 10.1. The van der Waals surface area contributed by atoms with Crippen molar-refractivity contribution in [3.63, 3.8) is 0 Å². The fraction of sp³-hybridized carbons (Fsp3) is 0.125. The zero-order valence-corrected chi connectivity index (χ0v) is 10.6. The Morgan fingerprint density at radius 3 is 2.32 bits per heavy atom. The van der Waals surface area contributed by atoms with E-state index < -0.39 is 6.04 Å². The Morgan fingerprint density at radius 2 is 1.74 bits per heavy atom. The first-order valence-electron chi connectivity index (χ1n) is 6.03. The van der Waals surface area contributed by atoms with Gasteiger partial charge in [0.15, 0.2) is 0 Å². The Kier molecular flexibility index (Phi) is 3.94. The molecule has 3 heteroatoms. The first-order valence-corrected chi connectivity index (χ1v) is 6.03. The Bertz CT molecular complexity index is 597. The number of nitrogens with zero attached hydrogens (tertiary/aromatic N) is 1. The second-order valence-corrected chi connectivity index (χ2v) is 4.31. The molecule has 1 amide bonds. The lowest BCUT2D eigenvalue weighted by Gasteiger charge is -2.12. The first-order chi connectivity index (χ1) is 9.20. The van der Waals surface area contributed by atoms with Crippen LogP contribution in [0.1, 0.15) is 27.5 Å². The van der Waals surface area contributed by atoms with Gasteiger partial charge in [-0.3, -0.25) is 4.79 Å². The van der Waals surface area contributed by atoms with Gasteiger partial charge in [-0.15, -0.1) is 0 Å². The molecule has 3 nitrogen and oxygen atoms in total. The molecule has 0 aromatic heterocycles. The van der Waals surface area contributed by atoms with Crippen LogP contribution in [0, 0.1) is 18.3 Å². The van der Waals surface area contributed by atoms with Crippen molar-refractivity contribution in [2.24, 2.45) is 0 Å². The van der Waals surface area contributed by atoms with Crippen LogP contribution < -0.4 is 5.32 Å². The zero-order chi connectivity index (χ0) is 13.7. The second-order valence-electron chi connectivity index (χ2n) is 4.31. The van der Waals surface area contributed by atoms with Crippen LogP contribution in [0.3, 0.4) is 0 Å². The Hall–Kier alpha value is -2.60. The van der Waals surface area contributed by atoms with E-state index in [1.165, 1.54) is 0 Å². The lowest BCUT2D eigenvalue weighted by Crippen LogP contribution is -2.27. The van der Waals surface area contributed by atoms with E-state index in [9.17, 15) is 4.79 Å². The summed E-state index contributed by atoms with van der Waals surface area (Å²) in [5.41, 5.74) is 2.43. The molecule has 0 aliphatic rings. The van der Waals surface area contributed by atoms with E-state index in [1.54, 1.807) is 12.1 Å². The van der Waals surface area contributed by atoms with E-state index in [0.717, 1.165) is 11.1 Å². The highest BCUT2D eigenvalue weighted by Gasteiger charge is 2.14. The summed E-state index contributed by atoms with van der Waals surface area (Å²) in [4.78, 5) is 12.0. The van der Waals surface area contributed by atoms with Crippen LogP contribution in [0.25, 0.3) is 0 Å². The van der Waals surface area contributed by atoms with Crippen LogP contribution in [0.5, 0.6) is 0 Å². The predicted octanol–water partition coefficient (Wildman–Crippen LogP) is 2.99. The van der Waals surface area contributed by atoms with Crippen molar-refractivity contribution in [2.45, 2.75) is 13.0 Å². The van der Waals surface area contributed by atoms with Crippen molar-refractivity contribution in [3.8, 4) is 6.07 Å². The highest BCUT2D eigenvalue weighted by atomic mass is 16.1. The molecule has 0 spiro atoms. The molecule has 2 aromatic rings. The third kappa shape index (κ3) is 3.20. The van der Waals surface area contributed by atoms with Crippen LogP contribution in [-0.4, -0.2) is 5.91 Å². The number of rotatable bonds is 3. The molecule has 0 aliphatic carbocycles. The smallest absolute Gasteiger partial charge is 0.252 e. The Labute approximate surface area is 112 Å². The van der Waals surface area contributed by atoms with E-state index in [2.05, 4.69) is 11.4 Å². The molecule has 2 rings (SSSR count). The molecule has 94 valence electrons. The van der Waals surface area contributed by atoms with Gasteiger partial charge in [-0.25, -0.2) is 0 Å². The zero-order valence-electron chi connectivity index (χ0n) is 10.6. The SMILES string of the molecule is Cc1ccc(C(=O)NC(C#N)c2ccccc2)cc1. The molecular formula is C16H14N2O. The molecule has 0 heterocycles. The molecule has 2 aromatic carbocycles. The van der Waals surface area contributed by atoms with Crippen molar-refractivity contribution in [1.29, 1.82) is 5.26 Å². The molecule has 0 saturated heterocycles. The summed E-state index contributed by atoms with van der Waals surface area (Å²) in [5.74, 6) is -0.240. The monoisotopic (exact) mass is 250 g/mol. The molecule has 1 N–H and O–H groups in total. The number of aryl methyl sites for hydroxylation is 1. The number of benzene rings is 2. The van der Waals surface area contributed by atoms with Gasteiger partial charge in [0.2, 0.25) is 0 Å². The fourth-order valence-electron chi connectivity index (χ4n) is 1.75. The lowest BCUT2D eigenvalue weighted by molar-refractivity contribution is 0.0945. The molecule has 0 radical (unpaired) electrons. The molecular weight excluding hydrogens is 236 g/mol. The summed E-state index contributed by atoms with van der Waals surface area (Å²) in [6.45, 7) is 1.96. The van der Waals surface area contributed by atoms with Crippen LogP contribution in [0.4, 0.5) is 0 Å². The summed E-state index contributed by atoms with van der Waals surface area (Å²) in [7, 11) is 0. The fourth-order valence-corrected chi connectivity index (χ4v) is 1.75. The van der Waals surface area contributed by atoms with Crippen LogP contribution in [-0.2, 0) is 0 Å². The number of hydrogen-bond acceptors (Lipinski definition) is 2. The first kappa shape index (κ1) is 12.8. The average molecular weight is 250 g/mol. The third-order valence-electron chi connectivity index (χ3n) is 2.85. The van der Waals surface area contributed by atoms with E-state index >= 15 is 0 Å². The summed E-state index contributed by atoms with van der Waals surface area (Å²) < 4.78 is 0. The van der Waals surface area contributed by atoms with Gasteiger partial charge in [-0.2, -0.15) is 5.26 Å². The van der Waals surface area contributed by atoms with Gasteiger partial charge in [0.25, 0.3) is 5.91 Å². The maximum absolute atomic E-state index is 12.0. The normalized spacial score (nSPS) is 11.4. The second kappa shape index (κ2) is 5.83. The summed E-state index contributed by atoms with van der Waals surface area (Å²) in [5, 5.41) is 11.9. The highest BCUT2D eigenvalue weighted by molar-refractivity contribution is 5.94. The van der Waals surface area contributed by atoms with Crippen LogP contribution in [0.2, 0.25) is 0 Å². The quantitative estimate of drug-likeness (QED) is 0.910. The average Bonchev–Trinajstić information content (AvgIpc) is 2.46. The van der Waals surface area contributed by atoms with Gasteiger partial charge < -0.3 is 5.32 Å². The van der Waals surface area contributed by atoms with Crippen LogP contribution in [0.15, 0.2) is 54.6 Å². The van der Waals surface area contributed by atoms with Crippen molar-refractivity contribution in [1.82, 2.24) is 5.32 Å². The van der Waals surface area contributed by atoms with Gasteiger partial charge in [0.1, 0.15) is 6.04 Å². The largest absolute Gasteiger partial charge is 0.333 e. The number of carbonyl (C=O) groups excluding carboxylic acids is 1. The molecule has 1 unspecified atom stereocenters. The van der Waals surface area contributed by atoms with Crippen LogP contribution >= 0.6 is 0 Å². The van der Waals surface area contributed by atoms with Gasteiger partial charge in [0, 0.05) is 5.56 Å². The molecule has 0 bridgehead atoms. The molecule has 0 aliphatic heterocycles. The number of amides is 1. The summed E-state index contributed by atoms with van der Waals surface area (Å²) in [6, 6.07) is 17.9. The van der Waals surface area contributed by atoms with Crippen molar-refractivity contribution >= 4 is 5.91 Å². The van der Waals surface area contributed by atoms with Crippen molar-refractivity contribution in [3.05, 3.63) is 71.3 Å². The predicted molar refractivity (Wildman–Crippen MR) is 73.4 cm³/mol. The minimum Gasteiger partial charge on any atom is -0.333 e. The number of carbonyl (C=O) groups is 1. The number of hydrogen-bond donors (Lipinski definition) is 1. The minimum atomic E-state index is -0.630. The van der Waals surface area contributed by atoms with Crippen molar-refractivity contribution < 1.29 is 4.79 Å². The molecule has 0 fully saturated rings. The van der Waals surface area contributed by atoms with Crippen molar-refractivity contribution in [2.75, 3.05) is 0 Å². The molecule has 19 heavy (non-hydrogen) atoms. The van der Waals surface area contributed by atoms with E-state index in [1.807, 2.05) is 49.4 Å². The Morgan fingerprint density at radius 1 is 1.11 bits per heavy atom. The minimum absolute atomic E-state index is 0.240. The highest BCUT2D eigenvalue weighted by Crippen LogP contribution is 2.12. The van der Waals surface area contributed by atoms with Gasteiger partial charge in [0.05, 0.1) is 6.07 Å². The maximum Gasteiger partial charge on any atom is 0.252 e. The topological polar surface area (TPSA) is 52.9 Å². The Balaban J connectivity index is 2.13. The summed E-state index contributed by atoms with van der Waals surface area (Å²) >= 11 is 0. The van der Waals surface area contributed by atoms with E-state index in [4.69, 9.17) is 5.26 Å². The van der Waals surface area contributed by atoms with E-state index in [-0.39, 0.29) is 5.91 Å². The van der Waals surface area contributed by atoms with E-state index in [0.29, 0.717) is 5.56 Å². The van der Waals surface area contributed by atoms with Gasteiger partial charge in [-0.05, 0) is 24.6 Å².